The molecule has 2 aromatic carbocycles. The van der Waals surface area contributed by atoms with Crippen molar-refractivity contribution in [3.05, 3.63) is 71.9 Å². The molecule has 0 aliphatic heterocycles. The van der Waals surface area contributed by atoms with E-state index in [1.807, 2.05) is 0 Å². The zero-order valence-corrected chi connectivity index (χ0v) is 15.4. The summed E-state index contributed by atoms with van der Waals surface area (Å²) in [5, 5.41) is 5.84. The summed E-state index contributed by atoms with van der Waals surface area (Å²) in [7, 11) is 3.13. The van der Waals surface area contributed by atoms with Gasteiger partial charge < -0.3 is 20.1 Å². The van der Waals surface area contributed by atoms with Gasteiger partial charge in [-0.2, -0.15) is 0 Å². The highest BCUT2D eigenvalue weighted by Gasteiger charge is 2.11. The largest absolute Gasteiger partial charge is 0.497 e. The van der Waals surface area contributed by atoms with Crippen LogP contribution in [-0.4, -0.2) is 30.1 Å². The van der Waals surface area contributed by atoms with Crippen LogP contribution in [0.2, 0.25) is 0 Å². The van der Waals surface area contributed by atoms with E-state index in [1.165, 1.54) is 24.5 Å². The van der Waals surface area contributed by atoms with Gasteiger partial charge in [-0.1, -0.05) is 12.1 Å². The van der Waals surface area contributed by atoms with E-state index in [0.717, 1.165) is 5.56 Å². The van der Waals surface area contributed by atoms with E-state index in [2.05, 4.69) is 20.6 Å². The molecule has 0 unspecified atom stereocenters. The first-order chi connectivity index (χ1) is 13.6. The number of nitrogens with one attached hydrogen (secondary N) is 2. The minimum Gasteiger partial charge on any atom is -0.497 e. The predicted octanol–water partition coefficient (Wildman–Crippen LogP) is 3.31. The first-order valence-corrected chi connectivity index (χ1v) is 8.43. The second-order valence-electron chi connectivity index (χ2n) is 5.79. The lowest BCUT2D eigenvalue weighted by Crippen LogP contribution is -2.24. The number of halogens is 1. The van der Waals surface area contributed by atoms with Crippen LogP contribution >= 0.6 is 0 Å². The number of nitrogens with zero attached hydrogens (tertiary/aromatic N) is 2. The first-order valence-electron chi connectivity index (χ1n) is 8.43. The molecule has 28 heavy (non-hydrogen) atoms. The van der Waals surface area contributed by atoms with Crippen molar-refractivity contribution in [1.29, 1.82) is 0 Å². The van der Waals surface area contributed by atoms with E-state index in [0.29, 0.717) is 23.0 Å². The molecule has 8 heteroatoms. The van der Waals surface area contributed by atoms with Crippen LogP contribution < -0.4 is 20.1 Å². The summed E-state index contributed by atoms with van der Waals surface area (Å²) in [5.74, 6) is 0.978. The summed E-state index contributed by atoms with van der Waals surface area (Å²) >= 11 is 0. The van der Waals surface area contributed by atoms with Crippen LogP contribution in [0.5, 0.6) is 11.5 Å². The van der Waals surface area contributed by atoms with Crippen LogP contribution in [0, 0.1) is 5.82 Å². The lowest BCUT2D eigenvalue weighted by atomic mass is 10.2. The van der Waals surface area contributed by atoms with E-state index in [9.17, 15) is 9.18 Å². The fourth-order valence-corrected chi connectivity index (χ4v) is 2.47. The Bertz CT molecular complexity index is 964. The molecular weight excluding hydrogens is 363 g/mol. The fraction of sp³-hybridized carbons (Fsp3) is 0.150. The minimum absolute atomic E-state index is 0.196. The van der Waals surface area contributed by atoms with E-state index in [-0.39, 0.29) is 24.0 Å². The zero-order chi connectivity index (χ0) is 19.9. The molecule has 7 nitrogen and oxygen atoms in total. The number of carbonyl (C=O) groups is 1. The zero-order valence-electron chi connectivity index (χ0n) is 15.4. The normalized spacial score (nSPS) is 10.2. The van der Waals surface area contributed by atoms with Crippen LogP contribution in [0.1, 0.15) is 16.1 Å². The molecule has 3 rings (SSSR count). The average molecular weight is 382 g/mol. The standard InChI is InChI=1S/C20H19FN4O3/c1-27-15-7-8-18(28-2)16(9-15)25-19-10-17(23-12-24-19)20(26)22-11-13-3-5-14(21)6-4-13/h3-10,12H,11H2,1-2H3,(H,22,26)(H,23,24,25). The van der Waals surface area contributed by atoms with Gasteiger partial charge in [0.1, 0.15) is 35.2 Å². The summed E-state index contributed by atoms with van der Waals surface area (Å²) in [6.07, 6.45) is 1.29. The van der Waals surface area contributed by atoms with Crippen molar-refractivity contribution in [2.24, 2.45) is 0 Å². The molecular formula is C20H19FN4O3. The molecule has 0 bridgehead atoms. The highest BCUT2D eigenvalue weighted by molar-refractivity contribution is 5.93. The van der Waals surface area contributed by atoms with E-state index >= 15 is 0 Å². The molecule has 1 aromatic heterocycles. The van der Waals surface area contributed by atoms with Crippen LogP contribution in [0.3, 0.4) is 0 Å². The third-order valence-electron chi connectivity index (χ3n) is 3.94. The summed E-state index contributed by atoms with van der Waals surface area (Å²) in [6.45, 7) is 0.260. The average Bonchev–Trinajstić information content (AvgIpc) is 2.73. The van der Waals surface area contributed by atoms with Gasteiger partial charge in [-0.3, -0.25) is 4.79 Å². The summed E-state index contributed by atoms with van der Waals surface area (Å²) in [4.78, 5) is 20.5. The van der Waals surface area contributed by atoms with Crippen molar-refractivity contribution in [3.63, 3.8) is 0 Å². The van der Waals surface area contributed by atoms with Crippen molar-refractivity contribution in [2.75, 3.05) is 19.5 Å². The molecule has 1 heterocycles. The van der Waals surface area contributed by atoms with Gasteiger partial charge in [0.05, 0.1) is 19.9 Å². The number of aromatic nitrogens is 2. The van der Waals surface area contributed by atoms with Gasteiger partial charge >= 0.3 is 0 Å². The Hall–Kier alpha value is -3.68. The van der Waals surface area contributed by atoms with Gasteiger partial charge in [0.25, 0.3) is 5.91 Å². The van der Waals surface area contributed by atoms with Gasteiger partial charge in [0, 0.05) is 18.7 Å². The SMILES string of the molecule is COc1ccc(OC)c(Nc2cc(C(=O)NCc3ccc(F)cc3)ncn2)c1. The van der Waals surface area contributed by atoms with Crippen LogP contribution in [-0.2, 0) is 6.54 Å². The number of carbonyl (C=O) groups excluding carboxylic acids is 1. The van der Waals surface area contributed by atoms with E-state index < -0.39 is 0 Å². The van der Waals surface area contributed by atoms with Crippen molar-refractivity contribution < 1.29 is 18.7 Å². The lowest BCUT2D eigenvalue weighted by molar-refractivity contribution is 0.0946. The molecule has 144 valence electrons. The maximum absolute atomic E-state index is 12.9. The quantitative estimate of drug-likeness (QED) is 0.652. The Morgan fingerprint density at radius 2 is 1.82 bits per heavy atom. The predicted molar refractivity (Wildman–Crippen MR) is 102 cm³/mol. The first kappa shape index (κ1) is 19.1. The van der Waals surface area contributed by atoms with Gasteiger partial charge in [0.15, 0.2) is 0 Å². The lowest BCUT2D eigenvalue weighted by Gasteiger charge is -2.12. The Kier molecular flexibility index (Phi) is 6.01. The number of benzene rings is 2. The number of amides is 1. The maximum Gasteiger partial charge on any atom is 0.270 e. The molecule has 1 amide bonds. The van der Waals surface area contributed by atoms with Crippen molar-refractivity contribution >= 4 is 17.4 Å². The Balaban J connectivity index is 1.71. The second-order valence-corrected chi connectivity index (χ2v) is 5.79. The maximum atomic E-state index is 12.9. The monoisotopic (exact) mass is 382 g/mol. The van der Waals surface area contributed by atoms with Crippen LogP contribution in [0.15, 0.2) is 54.9 Å². The van der Waals surface area contributed by atoms with E-state index in [4.69, 9.17) is 9.47 Å². The van der Waals surface area contributed by atoms with Crippen molar-refractivity contribution in [3.8, 4) is 11.5 Å². The Labute approximate surface area is 161 Å². The fourth-order valence-electron chi connectivity index (χ4n) is 2.47. The Morgan fingerprint density at radius 3 is 2.54 bits per heavy atom. The molecule has 0 aliphatic rings. The summed E-state index contributed by atoms with van der Waals surface area (Å²) in [5.41, 5.74) is 1.61. The van der Waals surface area contributed by atoms with Gasteiger partial charge in [-0.25, -0.2) is 14.4 Å². The third-order valence-corrected chi connectivity index (χ3v) is 3.94. The molecule has 0 atom stereocenters. The van der Waals surface area contributed by atoms with Gasteiger partial charge in [0.2, 0.25) is 0 Å². The van der Waals surface area contributed by atoms with Gasteiger partial charge in [-0.05, 0) is 29.8 Å². The second kappa shape index (κ2) is 8.81. The van der Waals surface area contributed by atoms with Gasteiger partial charge in [-0.15, -0.1) is 0 Å². The molecule has 0 aliphatic carbocycles. The summed E-state index contributed by atoms with van der Waals surface area (Å²) < 4.78 is 23.5. The van der Waals surface area contributed by atoms with Crippen molar-refractivity contribution in [1.82, 2.24) is 15.3 Å². The molecule has 3 aromatic rings. The number of hydrogen-bond donors (Lipinski definition) is 2. The van der Waals surface area contributed by atoms with Crippen molar-refractivity contribution in [2.45, 2.75) is 6.54 Å². The summed E-state index contributed by atoms with van der Waals surface area (Å²) in [6, 6.07) is 12.7. The Morgan fingerprint density at radius 1 is 1.04 bits per heavy atom. The van der Waals surface area contributed by atoms with E-state index in [1.54, 1.807) is 44.6 Å². The molecule has 0 saturated carbocycles. The molecule has 0 fully saturated rings. The molecule has 0 saturated heterocycles. The molecule has 2 N–H and O–H groups in total. The molecule has 0 radical (unpaired) electrons. The van der Waals surface area contributed by atoms with Crippen LogP contribution in [0.25, 0.3) is 0 Å². The van der Waals surface area contributed by atoms with Crippen LogP contribution in [0.4, 0.5) is 15.9 Å². The topological polar surface area (TPSA) is 85.4 Å². The smallest absolute Gasteiger partial charge is 0.270 e. The molecule has 0 spiro atoms. The third kappa shape index (κ3) is 4.73. The number of methoxy groups -OCH3 is 2. The minimum atomic E-state index is -0.368. The number of rotatable bonds is 7. The number of hydrogen-bond acceptors (Lipinski definition) is 6. The number of ether oxygens (including phenoxy) is 2. The highest BCUT2D eigenvalue weighted by Crippen LogP contribution is 2.30. The highest BCUT2D eigenvalue weighted by atomic mass is 19.1. The number of anilines is 2.